The van der Waals surface area contributed by atoms with Crippen LogP contribution in [-0.2, 0) is 45.7 Å². The Morgan fingerprint density at radius 3 is 2.13 bits per heavy atom. The third-order valence-electron chi connectivity index (χ3n) is 6.44. The van der Waals surface area contributed by atoms with Gasteiger partial charge in [0.2, 0.25) is 10.0 Å². The van der Waals surface area contributed by atoms with E-state index in [9.17, 15) is 21.6 Å². The molecule has 0 atom stereocenters. The van der Waals surface area contributed by atoms with Crippen molar-refractivity contribution < 1.29 is 21.6 Å². The van der Waals surface area contributed by atoms with Crippen LogP contribution in [0.2, 0.25) is 0 Å². The molecule has 0 radical (unpaired) electrons. The topological polar surface area (TPSA) is 113 Å². The van der Waals surface area contributed by atoms with Gasteiger partial charge in [-0.25, -0.2) is 30.7 Å². The second-order valence-electron chi connectivity index (χ2n) is 8.66. The Balaban J connectivity index is 1.39. The van der Waals surface area contributed by atoms with E-state index in [0.717, 1.165) is 60.7 Å². The number of amides is 2. The van der Waals surface area contributed by atoms with Crippen molar-refractivity contribution in [3.63, 3.8) is 0 Å². The van der Waals surface area contributed by atoms with E-state index in [4.69, 9.17) is 0 Å². The number of nitrogens with zero attached hydrogens (tertiary/aromatic N) is 1. The third-order valence-corrected chi connectivity index (χ3v) is 8.73. The molecule has 0 saturated carbocycles. The lowest BCUT2D eigenvalue weighted by Crippen LogP contribution is -2.37. The van der Waals surface area contributed by atoms with Gasteiger partial charge in [-0.05, 0) is 79.5 Å². The Morgan fingerprint density at radius 1 is 1.00 bits per heavy atom. The van der Waals surface area contributed by atoms with Crippen molar-refractivity contribution in [2.75, 3.05) is 24.7 Å². The number of carbonyl (C=O) groups is 1. The molecule has 0 unspecified atom stereocenters. The normalized spacial score (nSPS) is 20.0. The summed E-state index contributed by atoms with van der Waals surface area (Å²) in [6, 6.07) is 1.51. The standard InChI is InChI=1S/C21H29N3O5S2/c1-30(26,27)24-11-8-15(9-12-24)10-13-31(28,29)23-21(25)22-20-18-6-2-4-16(18)14-17-5-3-7-19(17)20/h10,13-15H,2-9,11-12H2,1H3,(H2,22,23,25)/b13-10+. The van der Waals surface area contributed by atoms with Crippen LogP contribution in [0.1, 0.15) is 47.9 Å². The summed E-state index contributed by atoms with van der Waals surface area (Å²) < 4.78 is 51.4. The molecule has 1 fully saturated rings. The van der Waals surface area contributed by atoms with Crippen LogP contribution < -0.4 is 10.0 Å². The highest BCUT2D eigenvalue weighted by molar-refractivity contribution is 7.92. The van der Waals surface area contributed by atoms with E-state index in [2.05, 4.69) is 16.1 Å². The van der Waals surface area contributed by atoms with Crippen molar-refractivity contribution in [2.24, 2.45) is 5.92 Å². The van der Waals surface area contributed by atoms with Crippen LogP contribution in [0.4, 0.5) is 10.5 Å². The third kappa shape index (κ3) is 5.12. The molecule has 3 aliphatic rings. The van der Waals surface area contributed by atoms with Gasteiger partial charge in [-0.2, -0.15) is 0 Å². The highest BCUT2D eigenvalue weighted by Gasteiger charge is 2.26. The largest absolute Gasteiger partial charge is 0.333 e. The molecule has 1 heterocycles. The van der Waals surface area contributed by atoms with Crippen LogP contribution >= 0.6 is 0 Å². The number of anilines is 1. The van der Waals surface area contributed by atoms with Crippen LogP contribution in [0.3, 0.4) is 0 Å². The summed E-state index contributed by atoms with van der Waals surface area (Å²) >= 11 is 0. The first-order chi connectivity index (χ1) is 14.6. The molecule has 1 aromatic carbocycles. The Bertz CT molecular complexity index is 1090. The minimum atomic E-state index is -3.94. The monoisotopic (exact) mass is 467 g/mol. The number of hydrogen-bond acceptors (Lipinski definition) is 5. The van der Waals surface area contributed by atoms with Crippen LogP contribution in [0.25, 0.3) is 0 Å². The summed E-state index contributed by atoms with van der Waals surface area (Å²) in [7, 11) is -7.17. The van der Waals surface area contributed by atoms with Crippen LogP contribution in [-0.4, -0.2) is 46.5 Å². The van der Waals surface area contributed by atoms with E-state index >= 15 is 0 Å². The van der Waals surface area contributed by atoms with E-state index in [1.807, 2.05) is 0 Å². The van der Waals surface area contributed by atoms with Gasteiger partial charge in [0, 0.05) is 24.2 Å². The molecule has 1 aliphatic heterocycles. The highest BCUT2D eigenvalue weighted by Crippen LogP contribution is 2.38. The molecule has 31 heavy (non-hydrogen) atoms. The maximum Gasteiger partial charge on any atom is 0.333 e. The predicted octanol–water partition coefficient (Wildman–Crippen LogP) is 2.30. The van der Waals surface area contributed by atoms with Crippen molar-refractivity contribution in [2.45, 2.75) is 51.4 Å². The summed E-state index contributed by atoms with van der Waals surface area (Å²) in [5.74, 6) is -0.0432. The average Bonchev–Trinajstić information content (AvgIpc) is 3.34. The first-order valence-electron chi connectivity index (χ1n) is 10.8. The number of piperidine rings is 1. The Morgan fingerprint density at radius 2 is 1.58 bits per heavy atom. The van der Waals surface area contributed by atoms with Crippen molar-refractivity contribution >= 4 is 31.8 Å². The van der Waals surface area contributed by atoms with Crippen LogP contribution in [0.5, 0.6) is 0 Å². The molecule has 0 spiro atoms. The van der Waals surface area contributed by atoms with Gasteiger partial charge < -0.3 is 5.32 Å². The van der Waals surface area contributed by atoms with Gasteiger partial charge in [-0.1, -0.05) is 12.1 Å². The SMILES string of the molecule is CS(=O)(=O)N1CCC(/C=C/S(=O)(=O)NC(=O)Nc2c3c(cc4c2CCC4)CCC3)CC1. The van der Waals surface area contributed by atoms with Gasteiger partial charge in [0.25, 0.3) is 10.0 Å². The van der Waals surface area contributed by atoms with Gasteiger partial charge >= 0.3 is 6.03 Å². The first kappa shape index (κ1) is 22.3. The smallest absolute Gasteiger partial charge is 0.307 e. The van der Waals surface area contributed by atoms with E-state index in [-0.39, 0.29) is 5.92 Å². The average molecular weight is 468 g/mol. The molecule has 4 rings (SSSR count). The zero-order valence-corrected chi connectivity index (χ0v) is 19.3. The lowest BCUT2D eigenvalue weighted by molar-refractivity contribution is 0.256. The fraction of sp³-hybridized carbons (Fsp3) is 0.571. The molecule has 2 amide bonds. The summed E-state index contributed by atoms with van der Waals surface area (Å²) in [5, 5.41) is 3.84. The summed E-state index contributed by atoms with van der Waals surface area (Å²) in [6.45, 7) is 0.734. The van der Waals surface area contributed by atoms with Gasteiger partial charge in [-0.3, -0.25) is 0 Å². The van der Waals surface area contributed by atoms with Crippen LogP contribution in [0, 0.1) is 5.92 Å². The quantitative estimate of drug-likeness (QED) is 0.690. The Kier molecular flexibility index (Phi) is 6.15. The number of benzene rings is 1. The van der Waals surface area contributed by atoms with E-state index in [1.165, 1.54) is 21.7 Å². The zero-order valence-electron chi connectivity index (χ0n) is 17.7. The van der Waals surface area contributed by atoms with Crippen molar-refractivity contribution in [1.29, 1.82) is 0 Å². The van der Waals surface area contributed by atoms with E-state index in [1.54, 1.807) is 6.08 Å². The molecule has 0 aromatic heterocycles. The second-order valence-corrected chi connectivity index (χ2v) is 12.2. The van der Waals surface area contributed by atoms with Crippen molar-refractivity contribution in [1.82, 2.24) is 9.03 Å². The molecular formula is C21H29N3O5S2. The minimum absolute atomic E-state index is 0.0432. The molecule has 170 valence electrons. The number of sulfonamides is 2. The number of aryl methyl sites for hydroxylation is 2. The fourth-order valence-electron chi connectivity index (χ4n) is 4.88. The Labute approximate surface area is 184 Å². The van der Waals surface area contributed by atoms with Crippen molar-refractivity contribution in [3.8, 4) is 0 Å². The number of allylic oxidation sites excluding steroid dienone is 1. The summed E-state index contributed by atoms with van der Waals surface area (Å²) in [4.78, 5) is 12.5. The zero-order chi connectivity index (χ0) is 22.2. The maximum absolute atomic E-state index is 12.5. The highest BCUT2D eigenvalue weighted by atomic mass is 32.2. The minimum Gasteiger partial charge on any atom is -0.307 e. The van der Waals surface area contributed by atoms with Gasteiger partial charge in [-0.15, -0.1) is 0 Å². The number of hydrogen-bond donors (Lipinski definition) is 2. The molecule has 1 saturated heterocycles. The Hall–Kier alpha value is -1.91. The first-order valence-corrected chi connectivity index (χ1v) is 14.2. The molecule has 0 bridgehead atoms. The van der Waals surface area contributed by atoms with Gasteiger partial charge in [0.05, 0.1) is 6.26 Å². The summed E-state index contributed by atoms with van der Waals surface area (Å²) in [5.41, 5.74) is 5.60. The summed E-state index contributed by atoms with van der Waals surface area (Å²) in [6.07, 6.45) is 9.72. The molecule has 2 N–H and O–H groups in total. The van der Waals surface area contributed by atoms with E-state index < -0.39 is 26.1 Å². The number of rotatable bonds is 5. The predicted molar refractivity (Wildman–Crippen MR) is 120 cm³/mol. The number of urea groups is 1. The molecule has 8 nitrogen and oxygen atoms in total. The maximum atomic E-state index is 12.5. The molecule has 2 aliphatic carbocycles. The lowest BCUT2D eigenvalue weighted by atomic mass is 9.99. The van der Waals surface area contributed by atoms with Gasteiger partial charge in [0.1, 0.15) is 0 Å². The molecular weight excluding hydrogens is 438 g/mol. The molecule has 10 heteroatoms. The number of fused-ring (bicyclic) bond motifs is 2. The van der Waals surface area contributed by atoms with Gasteiger partial charge in [0.15, 0.2) is 0 Å². The van der Waals surface area contributed by atoms with E-state index in [0.29, 0.717) is 25.9 Å². The lowest BCUT2D eigenvalue weighted by Gasteiger charge is -2.28. The van der Waals surface area contributed by atoms with Crippen molar-refractivity contribution in [3.05, 3.63) is 39.8 Å². The van der Waals surface area contributed by atoms with Crippen LogP contribution in [0.15, 0.2) is 17.6 Å². The number of nitrogens with one attached hydrogen (secondary N) is 2. The number of carbonyl (C=O) groups excluding carboxylic acids is 1. The second kappa shape index (κ2) is 8.55. The molecule has 1 aromatic rings. The fourth-order valence-corrected chi connectivity index (χ4v) is 6.56.